The lowest BCUT2D eigenvalue weighted by atomic mass is 10.1. The molecule has 0 aliphatic heterocycles. The lowest BCUT2D eigenvalue weighted by Gasteiger charge is -2.14. The fraction of sp³-hybridized carbons (Fsp3) is 0.208. The molecule has 0 N–H and O–H groups in total. The van der Waals surface area contributed by atoms with E-state index in [0.717, 1.165) is 33.3 Å². The van der Waals surface area contributed by atoms with E-state index in [9.17, 15) is 4.79 Å². The summed E-state index contributed by atoms with van der Waals surface area (Å²) in [6.45, 7) is 2.48. The van der Waals surface area contributed by atoms with Crippen LogP contribution in [0.3, 0.4) is 0 Å². The van der Waals surface area contributed by atoms with Gasteiger partial charge in [-0.15, -0.1) is 11.3 Å². The van der Waals surface area contributed by atoms with Crippen molar-refractivity contribution in [3.8, 4) is 22.6 Å². The van der Waals surface area contributed by atoms with Crippen molar-refractivity contribution in [1.29, 1.82) is 0 Å². The van der Waals surface area contributed by atoms with Crippen LogP contribution in [0.5, 0.6) is 0 Å². The van der Waals surface area contributed by atoms with Gasteiger partial charge in [0.25, 0.3) is 0 Å². The third-order valence-corrected chi connectivity index (χ3v) is 5.72. The van der Waals surface area contributed by atoms with Crippen LogP contribution in [0.15, 0.2) is 70.5 Å². The van der Waals surface area contributed by atoms with Crippen molar-refractivity contribution >= 4 is 17.2 Å². The van der Waals surface area contributed by atoms with Crippen molar-refractivity contribution in [2.24, 2.45) is 0 Å². The van der Waals surface area contributed by atoms with Gasteiger partial charge < -0.3 is 9.32 Å². The number of oxazole rings is 1. The summed E-state index contributed by atoms with van der Waals surface area (Å²) in [6.07, 6.45) is 0.788. The number of thiazole rings is 1. The molecule has 30 heavy (non-hydrogen) atoms. The molecule has 2 heterocycles. The van der Waals surface area contributed by atoms with Gasteiger partial charge in [-0.2, -0.15) is 0 Å². The maximum absolute atomic E-state index is 12.6. The van der Waals surface area contributed by atoms with E-state index in [4.69, 9.17) is 9.40 Å². The molecule has 152 valence electrons. The van der Waals surface area contributed by atoms with Gasteiger partial charge in [0.2, 0.25) is 5.91 Å². The molecule has 0 aliphatic carbocycles. The SMILES string of the molecule is Cc1csc(CN(C)C(=O)CCc2nc(-c3ccccc3)c(-c3ccccc3)o2)n1. The van der Waals surface area contributed by atoms with Crippen molar-refractivity contribution in [2.75, 3.05) is 7.05 Å². The lowest BCUT2D eigenvalue weighted by Crippen LogP contribution is -2.26. The molecule has 0 unspecified atom stereocenters. The van der Waals surface area contributed by atoms with E-state index in [-0.39, 0.29) is 5.91 Å². The monoisotopic (exact) mass is 417 g/mol. The fourth-order valence-electron chi connectivity index (χ4n) is 3.22. The summed E-state index contributed by atoms with van der Waals surface area (Å²) < 4.78 is 6.11. The number of nitrogens with zero attached hydrogens (tertiary/aromatic N) is 3. The van der Waals surface area contributed by atoms with Gasteiger partial charge in [-0.25, -0.2) is 9.97 Å². The van der Waals surface area contributed by atoms with Gasteiger partial charge >= 0.3 is 0 Å². The van der Waals surface area contributed by atoms with Gasteiger partial charge in [0.15, 0.2) is 11.7 Å². The van der Waals surface area contributed by atoms with Crippen LogP contribution in [0.25, 0.3) is 22.6 Å². The first kappa shape index (κ1) is 20.0. The highest BCUT2D eigenvalue weighted by Crippen LogP contribution is 2.32. The van der Waals surface area contributed by atoms with Gasteiger partial charge in [-0.1, -0.05) is 60.7 Å². The first-order chi connectivity index (χ1) is 14.6. The van der Waals surface area contributed by atoms with Crippen LogP contribution in [-0.2, 0) is 17.8 Å². The lowest BCUT2D eigenvalue weighted by molar-refractivity contribution is -0.130. The average molecular weight is 418 g/mol. The summed E-state index contributed by atoms with van der Waals surface area (Å²) in [5.41, 5.74) is 3.75. The zero-order valence-electron chi connectivity index (χ0n) is 17.0. The predicted octanol–water partition coefficient (Wildman–Crippen LogP) is 5.36. The molecule has 2 aromatic heterocycles. The number of aryl methyl sites for hydroxylation is 2. The predicted molar refractivity (Wildman–Crippen MR) is 119 cm³/mol. The zero-order chi connectivity index (χ0) is 20.9. The Morgan fingerprint density at radius 2 is 1.67 bits per heavy atom. The van der Waals surface area contributed by atoms with Gasteiger partial charge in [-0.05, 0) is 6.92 Å². The highest BCUT2D eigenvalue weighted by molar-refractivity contribution is 7.09. The van der Waals surface area contributed by atoms with Crippen LogP contribution in [0.1, 0.15) is 23.0 Å². The maximum Gasteiger partial charge on any atom is 0.223 e. The van der Waals surface area contributed by atoms with Crippen molar-refractivity contribution in [3.05, 3.63) is 82.6 Å². The summed E-state index contributed by atoms with van der Waals surface area (Å²) >= 11 is 1.57. The van der Waals surface area contributed by atoms with Gasteiger partial charge in [-0.3, -0.25) is 4.79 Å². The topological polar surface area (TPSA) is 59.2 Å². The minimum Gasteiger partial charge on any atom is -0.440 e. The van der Waals surface area contributed by atoms with Crippen LogP contribution in [-0.4, -0.2) is 27.8 Å². The van der Waals surface area contributed by atoms with Crippen LogP contribution in [0.2, 0.25) is 0 Å². The van der Waals surface area contributed by atoms with E-state index in [1.807, 2.05) is 73.0 Å². The Bertz CT molecular complexity index is 1060. The van der Waals surface area contributed by atoms with Gasteiger partial charge in [0.1, 0.15) is 10.7 Å². The molecule has 0 aliphatic rings. The number of rotatable bonds is 7. The molecule has 0 bridgehead atoms. The minimum atomic E-state index is 0.0450. The normalized spacial score (nSPS) is 10.9. The zero-order valence-corrected chi connectivity index (χ0v) is 17.9. The van der Waals surface area contributed by atoms with Crippen LogP contribution in [0.4, 0.5) is 0 Å². The standard InChI is InChI=1S/C24H23N3O2S/c1-17-16-30-21(25-17)15-27(2)22(28)14-13-20-26-23(18-9-5-3-6-10-18)24(29-20)19-11-7-4-8-12-19/h3-12,16H,13-15H2,1-2H3. The Balaban J connectivity index is 1.50. The van der Waals surface area contributed by atoms with Crippen molar-refractivity contribution in [2.45, 2.75) is 26.3 Å². The smallest absolute Gasteiger partial charge is 0.223 e. The molecular weight excluding hydrogens is 394 g/mol. The van der Waals surface area contributed by atoms with Gasteiger partial charge in [0, 0.05) is 42.1 Å². The molecule has 2 aromatic carbocycles. The van der Waals surface area contributed by atoms with Crippen molar-refractivity contribution in [3.63, 3.8) is 0 Å². The van der Waals surface area contributed by atoms with E-state index >= 15 is 0 Å². The number of aromatic nitrogens is 2. The summed E-state index contributed by atoms with van der Waals surface area (Å²) in [5, 5.41) is 2.94. The molecular formula is C24H23N3O2S. The van der Waals surface area contributed by atoms with Crippen molar-refractivity contribution < 1.29 is 9.21 Å². The molecule has 5 nitrogen and oxygen atoms in total. The second-order valence-electron chi connectivity index (χ2n) is 7.15. The van der Waals surface area contributed by atoms with E-state index in [1.54, 1.807) is 23.3 Å². The average Bonchev–Trinajstić information content (AvgIpc) is 3.39. The summed E-state index contributed by atoms with van der Waals surface area (Å²) in [7, 11) is 1.80. The quantitative estimate of drug-likeness (QED) is 0.406. The molecule has 0 saturated carbocycles. The Labute approximate surface area is 180 Å². The molecule has 0 atom stereocenters. The number of hydrogen-bond donors (Lipinski definition) is 0. The Kier molecular flexibility index (Phi) is 6.05. The molecule has 0 radical (unpaired) electrons. The maximum atomic E-state index is 12.6. The molecule has 4 rings (SSSR count). The number of hydrogen-bond acceptors (Lipinski definition) is 5. The van der Waals surface area contributed by atoms with E-state index in [2.05, 4.69) is 4.98 Å². The number of carbonyl (C=O) groups excluding carboxylic acids is 1. The Morgan fingerprint density at radius 1 is 1.00 bits per heavy atom. The molecule has 0 spiro atoms. The van der Waals surface area contributed by atoms with E-state index < -0.39 is 0 Å². The van der Waals surface area contributed by atoms with Crippen molar-refractivity contribution in [1.82, 2.24) is 14.9 Å². The number of benzene rings is 2. The highest BCUT2D eigenvalue weighted by Gasteiger charge is 2.18. The molecule has 1 amide bonds. The molecule has 6 heteroatoms. The van der Waals surface area contributed by atoms with Gasteiger partial charge in [0.05, 0.1) is 6.54 Å². The number of amides is 1. The summed E-state index contributed by atoms with van der Waals surface area (Å²) in [6, 6.07) is 19.9. The molecule has 0 fully saturated rings. The fourth-order valence-corrected chi connectivity index (χ4v) is 4.04. The summed E-state index contributed by atoms with van der Waals surface area (Å²) in [5.74, 6) is 1.35. The minimum absolute atomic E-state index is 0.0450. The largest absolute Gasteiger partial charge is 0.440 e. The first-order valence-corrected chi connectivity index (χ1v) is 10.7. The highest BCUT2D eigenvalue weighted by atomic mass is 32.1. The van der Waals surface area contributed by atoms with Crippen LogP contribution >= 0.6 is 11.3 Å². The van der Waals surface area contributed by atoms with E-state index in [1.165, 1.54) is 0 Å². The molecule has 0 saturated heterocycles. The van der Waals surface area contributed by atoms with E-state index in [0.29, 0.717) is 25.3 Å². The second kappa shape index (κ2) is 9.05. The second-order valence-corrected chi connectivity index (χ2v) is 8.09. The third-order valence-electron chi connectivity index (χ3n) is 4.77. The third kappa shape index (κ3) is 4.66. The Morgan fingerprint density at radius 3 is 2.30 bits per heavy atom. The number of carbonyl (C=O) groups is 1. The first-order valence-electron chi connectivity index (χ1n) is 9.85. The Hall–Kier alpha value is -3.25. The molecule has 4 aromatic rings. The van der Waals surface area contributed by atoms with Crippen LogP contribution < -0.4 is 0 Å². The van der Waals surface area contributed by atoms with Crippen LogP contribution in [0, 0.1) is 6.92 Å². The summed E-state index contributed by atoms with van der Waals surface area (Å²) in [4.78, 5) is 23.5.